The lowest BCUT2D eigenvalue weighted by atomic mass is 9.83. The summed E-state index contributed by atoms with van der Waals surface area (Å²) >= 11 is 2.33. The minimum Gasteiger partial charge on any atom is -0.376 e. The Morgan fingerprint density at radius 1 is 1.29 bits per heavy atom. The molecule has 17 heavy (non-hydrogen) atoms. The number of hydrogen-bond acceptors (Lipinski definition) is 2. The van der Waals surface area contributed by atoms with Crippen molar-refractivity contribution in [2.24, 2.45) is 11.7 Å². The molecule has 92 valence electrons. The summed E-state index contributed by atoms with van der Waals surface area (Å²) in [6.07, 6.45) is 4.85. The highest BCUT2D eigenvalue weighted by molar-refractivity contribution is 14.1. The summed E-state index contributed by atoms with van der Waals surface area (Å²) in [5.74, 6) is 0.728. The number of halogens is 1. The molecule has 2 aliphatic rings. The van der Waals surface area contributed by atoms with Crippen molar-refractivity contribution in [3.05, 3.63) is 33.4 Å². The average molecular weight is 343 g/mol. The second kappa shape index (κ2) is 4.52. The summed E-state index contributed by atoms with van der Waals surface area (Å²) in [5, 5.41) is 0. The van der Waals surface area contributed by atoms with Gasteiger partial charge in [-0.25, -0.2) is 0 Å². The molecular formula is C14H18INO. The van der Waals surface area contributed by atoms with Gasteiger partial charge in [0.05, 0.1) is 6.10 Å². The molecule has 0 amide bonds. The smallest absolute Gasteiger partial charge is 0.0786 e. The molecule has 2 unspecified atom stereocenters. The minimum absolute atomic E-state index is 0.131. The van der Waals surface area contributed by atoms with Crippen molar-refractivity contribution in [2.75, 3.05) is 6.61 Å². The molecule has 1 aromatic rings. The highest BCUT2D eigenvalue weighted by Crippen LogP contribution is 2.43. The van der Waals surface area contributed by atoms with E-state index in [0.29, 0.717) is 6.10 Å². The molecule has 1 saturated carbocycles. The molecule has 1 saturated heterocycles. The van der Waals surface area contributed by atoms with Crippen LogP contribution in [0.3, 0.4) is 0 Å². The quantitative estimate of drug-likeness (QED) is 0.857. The van der Waals surface area contributed by atoms with Gasteiger partial charge in [-0.15, -0.1) is 0 Å². The first-order valence-electron chi connectivity index (χ1n) is 6.32. The van der Waals surface area contributed by atoms with Gasteiger partial charge in [0.2, 0.25) is 0 Å². The van der Waals surface area contributed by atoms with Gasteiger partial charge in [0.25, 0.3) is 0 Å². The van der Waals surface area contributed by atoms with Crippen molar-refractivity contribution >= 4 is 22.6 Å². The van der Waals surface area contributed by atoms with Crippen LogP contribution in [-0.4, -0.2) is 18.2 Å². The van der Waals surface area contributed by atoms with Crippen molar-refractivity contribution < 1.29 is 4.74 Å². The molecule has 1 heterocycles. The van der Waals surface area contributed by atoms with Crippen molar-refractivity contribution in [3.63, 3.8) is 0 Å². The van der Waals surface area contributed by atoms with E-state index >= 15 is 0 Å². The fourth-order valence-corrected chi connectivity index (χ4v) is 3.22. The molecule has 1 aliphatic carbocycles. The molecule has 1 aromatic carbocycles. The molecule has 0 aromatic heterocycles. The number of nitrogens with two attached hydrogens (primary N) is 1. The van der Waals surface area contributed by atoms with Gasteiger partial charge in [0.1, 0.15) is 0 Å². The molecule has 3 heteroatoms. The normalized spacial score (nSPS) is 32.9. The lowest BCUT2D eigenvalue weighted by Crippen LogP contribution is -2.50. The summed E-state index contributed by atoms with van der Waals surface area (Å²) < 4.78 is 7.14. The van der Waals surface area contributed by atoms with E-state index < -0.39 is 0 Å². The van der Waals surface area contributed by atoms with Crippen LogP contribution in [0.1, 0.15) is 24.8 Å². The van der Waals surface area contributed by atoms with Gasteiger partial charge in [0.15, 0.2) is 0 Å². The maximum atomic E-state index is 6.59. The van der Waals surface area contributed by atoms with E-state index in [0.717, 1.165) is 25.4 Å². The van der Waals surface area contributed by atoms with Gasteiger partial charge >= 0.3 is 0 Å². The lowest BCUT2D eigenvalue weighted by Gasteiger charge is -2.30. The summed E-state index contributed by atoms with van der Waals surface area (Å²) in [5.41, 5.74) is 7.79. The van der Waals surface area contributed by atoms with Crippen molar-refractivity contribution in [2.45, 2.75) is 37.3 Å². The second-order valence-electron chi connectivity index (χ2n) is 5.42. The van der Waals surface area contributed by atoms with Crippen LogP contribution in [0.4, 0.5) is 0 Å². The Labute approximate surface area is 116 Å². The Kier molecular flexibility index (Phi) is 3.17. The van der Waals surface area contributed by atoms with Crippen molar-refractivity contribution in [3.8, 4) is 0 Å². The maximum absolute atomic E-state index is 6.59. The largest absolute Gasteiger partial charge is 0.376 e. The fraction of sp³-hybridized carbons (Fsp3) is 0.571. The van der Waals surface area contributed by atoms with E-state index in [-0.39, 0.29) is 5.54 Å². The molecule has 0 bridgehead atoms. The topological polar surface area (TPSA) is 35.2 Å². The minimum atomic E-state index is -0.131. The van der Waals surface area contributed by atoms with Crippen LogP contribution in [0.2, 0.25) is 0 Å². The van der Waals surface area contributed by atoms with Gasteiger partial charge in [-0.2, -0.15) is 0 Å². The molecule has 2 nitrogen and oxygen atoms in total. The Morgan fingerprint density at radius 3 is 2.65 bits per heavy atom. The molecule has 2 fully saturated rings. The first-order valence-corrected chi connectivity index (χ1v) is 7.40. The Balaban J connectivity index is 1.76. The molecule has 0 radical (unpaired) electrons. The van der Waals surface area contributed by atoms with Gasteiger partial charge in [-0.3, -0.25) is 0 Å². The van der Waals surface area contributed by atoms with Gasteiger partial charge in [0, 0.05) is 15.7 Å². The zero-order chi connectivity index (χ0) is 11.9. The third-order valence-corrected chi connectivity index (χ3v) is 4.65. The first-order chi connectivity index (χ1) is 8.17. The number of benzene rings is 1. The molecular weight excluding hydrogens is 325 g/mol. The van der Waals surface area contributed by atoms with E-state index in [9.17, 15) is 0 Å². The number of hydrogen-bond donors (Lipinski definition) is 1. The van der Waals surface area contributed by atoms with Crippen LogP contribution in [0.15, 0.2) is 24.3 Å². The Morgan fingerprint density at radius 2 is 2.00 bits per heavy atom. The van der Waals surface area contributed by atoms with Gasteiger partial charge in [-0.1, -0.05) is 12.1 Å². The highest BCUT2D eigenvalue weighted by atomic mass is 127. The van der Waals surface area contributed by atoms with E-state index in [4.69, 9.17) is 10.5 Å². The summed E-state index contributed by atoms with van der Waals surface area (Å²) in [7, 11) is 0. The SMILES string of the molecule is NC1(Cc2ccc(I)cc2)CCOC1C1CC1. The average Bonchev–Trinajstić information content (AvgIpc) is 3.07. The van der Waals surface area contributed by atoms with Gasteiger partial charge < -0.3 is 10.5 Å². The Hall–Kier alpha value is -0.130. The summed E-state index contributed by atoms with van der Waals surface area (Å²) in [6, 6.07) is 8.69. The van der Waals surface area contributed by atoms with Crippen LogP contribution in [-0.2, 0) is 11.2 Å². The van der Waals surface area contributed by atoms with E-state index in [1.165, 1.54) is 22.0 Å². The molecule has 3 rings (SSSR count). The molecule has 2 atom stereocenters. The van der Waals surface area contributed by atoms with Crippen molar-refractivity contribution in [1.82, 2.24) is 0 Å². The first kappa shape index (κ1) is 11.9. The van der Waals surface area contributed by atoms with E-state index in [1.807, 2.05) is 0 Å². The third kappa shape index (κ3) is 2.51. The monoisotopic (exact) mass is 343 g/mol. The molecule has 0 spiro atoms. The zero-order valence-electron chi connectivity index (χ0n) is 9.86. The maximum Gasteiger partial charge on any atom is 0.0786 e. The predicted molar refractivity (Wildman–Crippen MR) is 76.9 cm³/mol. The van der Waals surface area contributed by atoms with E-state index in [2.05, 4.69) is 46.9 Å². The zero-order valence-corrected chi connectivity index (χ0v) is 12.0. The van der Waals surface area contributed by atoms with Crippen LogP contribution in [0.25, 0.3) is 0 Å². The van der Waals surface area contributed by atoms with Crippen molar-refractivity contribution in [1.29, 1.82) is 0 Å². The third-order valence-electron chi connectivity index (χ3n) is 3.93. The van der Waals surface area contributed by atoms with Gasteiger partial charge in [-0.05, 0) is 71.9 Å². The van der Waals surface area contributed by atoms with E-state index in [1.54, 1.807) is 0 Å². The predicted octanol–water partition coefficient (Wildman–Crippen LogP) is 2.73. The highest BCUT2D eigenvalue weighted by Gasteiger charge is 2.48. The summed E-state index contributed by atoms with van der Waals surface area (Å²) in [6.45, 7) is 0.835. The lowest BCUT2D eigenvalue weighted by molar-refractivity contribution is 0.0627. The second-order valence-corrected chi connectivity index (χ2v) is 6.66. The standard InChI is InChI=1S/C14H18INO/c15-12-5-1-10(2-6-12)9-14(16)7-8-17-13(14)11-3-4-11/h1-2,5-6,11,13H,3-4,7-9,16H2. The Bertz CT molecular complexity index is 401. The summed E-state index contributed by atoms with van der Waals surface area (Å²) in [4.78, 5) is 0. The molecule has 2 N–H and O–H groups in total. The van der Waals surface area contributed by atoms with Crippen LogP contribution >= 0.6 is 22.6 Å². The number of rotatable bonds is 3. The van der Waals surface area contributed by atoms with Crippen LogP contribution in [0, 0.1) is 9.49 Å². The van der Waals surface area contributed by atoms with Crippen LogP contribution in [0.5, 0.6) is 0 Å². The van der Waals surface area contributed by atoms with Crippen LogP contribution < -0.4 is 5.73 Å². The fourth-order valence-electron chi connectivity index (χ4n) is 2.86. The molecule has 1 aliphatic heterocycles. The number of ether oxygens (including phenoxy) is 1.